The Morgan fingerprint density at radius 2 is 2.07 bits per heavy atom. The summed E-state index contributed by atoms with van der Waals surface area (Å²) in [5.74, 6) is 0.741. The van der Waals surface area contributed by atoms with E-state index >= 15 is 0 Å². The molecule has 14 heavy (non-hydrogen) atoms. The summed E-state index contributed by atoms with van der Waals surface area (Å²) in [5.41, 5.74) is -0.214. The summed E-state index contributed by atoms with van der Waals surface area (Å²) in [5, 5.41) is 1.06. The Morgan fingerprint density at radius 3 is 2.50 bits per heavy atom. The SMILES string of the molecule is CCOC(=O)C1(C)CCC(CBr)CC1. The van der Waals surface area contributed by atoms with Gasteiger partial charge in [-0.2, -0.15) is 0 Å². The van der Waals surface area contributed by atoms with Crippen molar-refractivity contribution in [3.8, 4) is 0 Å². The van der Waals surface area contributed by atoms with Crippen LogP contribution in [-0.2, 0) is 9.53 Å². The Kier molecular flexibility index (Phi) is 4.42. The number of rotatable bonds is 3. The van der Waals surface area contributed by atoms with Gasteiger partial charge in [-0.3, -0.25) is 4.79 Å². The van der Waals surface area contributed by atoms with Crippen molar-refractivity contribution in [1.29, 1.82) is 0 Å². The molecule has 0 aromatic heterocycles. The van der Waals surface area contributed by atoms with Gasteiger partial charge in [-0.05, 0) is 45.4 Å². The molecule has 0 saturated heterocycles. The van der Waals surface area contributed by atoms with Crippen molar-refractivity contribution < 1.29 is 9.53 Å². The predicted octanol–water partition coefficient (Wildman–Crippen LogP) is 3.14. The van der Waals surface area contributed by atoms with Gasteiger partial charge in [-0.1, -0.05) is 15.9 Å². The summed E-state index contributed by atoms with van der Waals surface area (Å²) < 4.78 is 5.10. The average Bonchev–Trinajstić information content (AvgIpc) is 2.19. The van der Waals surface area contributed by atoms with Crippen LogP contribution >= 0.6 is 15.9 Å². The van der Waals surface area contributed by atoms with Crippen LogP contribution in [0.15, 0.2) is 0 Å². The number of esters is 1. The molecule has 82 valence electrons. The van der Waals surface area contributed by atoms with Gasteiger partial charge in [-0.15, -0.1) is 0 Å². The lowest BCUT2D eigenvalue weighted by molar-refractivity contribution is -0.156. The monoisotopic (exact) mass is 262 g/mol. The van der Waals surface area contributed by atoms with Crippen molar-refractivity contribution in [3.05, 3.63) is 0 Å². The molecule has 0 aromatic carbocycles. The third-order valence-corrected chi connectivity index (χ3v) is 4.11. The van der Waals surface area contributed by atoms with E-state index in [1.807, 2.05) is 13.8 Å². The molecule has 3 heteroatoms. The van der Waals surface area contributed by atoms with Gasteiger partial charge in [0.25, 0.3) is 0 Å². The summed E-state index contributed by atoms with van der Waals surface area (Å²) in [6.45, 7) is 4.40. The van der Waals surface area contributed by atoms with E-state index in [-0.39, 0.29) is 11.4 Å². The molecule has 1 fully saturated rings. The van der Waals surface area contributed by atoms with Gasteiger partial charge in [0, 0.05) is 5.33 Å². The highest BCUT2D eigenvalue weighted by atomic mass is 79.9. The molecule has 0 heterocycles. The van der Waals surface area contributed by atoms with Gasteiger partial charge < -0.3 is 4.74 Å². The number of ether oxygens (including phenoxy) is 1. The lowest BCUT2D eigenvalue weighted by Crippen LogP contribution is -2.34. The lowest BCUT2D eigenvalue weighted by atomic mass is 9.72. The Balaban J connectivity index is 2.48. The van der Waals surface area contributed by atoms with Crippen molar-refractivity contribution in [1.82, 2.24) is 0 Å². The highest BCUT2D eigenvalue weighted by molar-refractivity contribution is 9.09. The van der Waals surface area contributed by atoms with E-state index in [4.69, 9.17) is 4.74 Å². The summed E-state index contributed by atoms with van der Waals surface area (Å²) in [6.07, 6.45) is 4.23. The van der Waals surface area contributed by atoms with Crippen LogP contribution in [0.25, 0.3) is 0 Å². The van der Waals surface area contributed by atoms with Crippen LogP contribution in [0.3, 0.4) is 0 Å². The van der Waals surface area contributed by atoms with Crippen molar-refractivity contribution >= 4 is 21.9 Å². The summed E-state index contributed by atoms with van der Waals surface area (Å²) in [6, 6.07) is 0. The number of hydrogen-bond donors (Lipinski definition) is 0. The molecule has 1 aliphatic rings. The second-order valence-electron chi connectivity index (χ2n) is 4.38. The van der Waals surface area contributed by atoms with Gasteiger partial charge in [0.05, 0.1) is 12.0 Å². The molecule has 0 spiro atoms. The number of halogens is 1. The van der Waals surface area contributed by atoms with E-state index < -0.39 is 0 Å². The number of carbonyl (C=O) groups is 1. The molecule has 2 nitrogen and oxygen atoms in total. The van der Waals surface area contributed by atoms with E-state index in [2.05, 4.69) is 15.9 Å². The second kappa shape index (κ2) is 5.15. The van der Waals surface area contributed by atoms with Gasteiger partial charge in [0.15, 0.2) is 0 Å². The zero-order valence-corrected chi connectivity index (χ0v) is 10.6. The molecule has 1 saturated carbocycles. The number of carbonyl (C=O) groups excluding carboxylic acids is 1. The molecule has 1 rings (SSSR count). The molecular weight excluding hydrogens is 244 g/mol. The molecule has 0 radical (unpaired) electrons. The van der Waals surface area contributed by atoms with Crippen molar-refractivity contribution in [3.63, 3.8) is 0 Å². The lowest BCUT2D eigenvalue weighted by Gasteiger charge is -2.34. The van der Waals surface area contributed by atoms with Crippen LogP contribution in [0.5, 0.6) is 0 Å². The fraction of sp³-hybridized carbons (Fsp3) is 0.909. The minimum atomic E-state index is -0.214. The Labute approximate surface area is 94.5 Å². The van der Waals surface area contributed by atoms with Crippen LogP contribution < -0.4 is 0 Å². The molecule has 0 amide bonds. The maximum absolute atomic E-state index is 11.7. The molecule has 0 N–H and O–H groups in total. The summed E-state index contributed by atoms with van der Waals surface area (Å²) in [4.78, 5) is 11.7. The van der Waals surface area contributed by atoms with Crippen molar-refractivity contribution in [2.75, 3.05) is 11.9 Å². The summed E-state index contributed by atoms with van der Waals surface area (Å²) in [7, 11) is 0. The first-order valence-corrected chi connectivity index (χ1v) is 6.47. The van der Waals surface area contributed by atoms with Crippen molar-refractivity contribution in [2.24, 2.45) is 11.3 Å². The second-order valence-corrected chi connectivity index (χ2v) is 5.03. The molecule has 0 atom stereocenters. The van der Waals surface area contributed by atoms with Crippen LogP contribution in [0.1, 0.15) is 39.5 Å². The first kappa shape index (κ1) is 12.0. The van der Waals surface area contributed by atoms with Gasteiger partial charge in [0.2, 0.25) is 0 Å². The fourth-order valence-electron chi connectivity index (χ4n) is 1.98. The molecule has 1 aliphatic carbocycles. The quantitative estimate of drug-likeness (QED) is 0.577. The smallest absolute Gasteiger partial charge is 0.311 e. The Bertz CT molecular complexity index is 195. The predicted molar refractivity (Wildman–Crippen MR) is 60.5 cm³/mol. The maximum Gasteiger partial charge on any atom is 0.311 e. The Morgan fingerprint density at radius 1 is 1.50 bits per heavy atom. The minimum Gasteiger partial charge on any atom is -0.466 e. The van der Waals surface area contributed by atoms with E-state index in [1.165, 1.54) is 0 Å². The number of hydrogen-bond acceptors (Lipinski definition) is 2. The zero-order valence-electron chi connectivity index (χ0n) is 9.01. The fourth-order valence-corrected chi connectivity index (χ4v) is 2.63. The van der Waals surface area contributed by atoms with Crippen LogP contribution in [0.4, 0.5) is 0 Å². The first-order valence-electron chi connectivity index (χ1n) is 5.35. The van der Waals surface area contributed by atoms with Crippen LogP contribution in [0, 0.1) is 11.3 Å². The molecule has 0 aromatic rings. The molecule has 0 bridgehead atoms. The molecule has 0 aliphatic heterocycles. The highest BCUT2D eigenvalue weighted by Crippen LogP contribution is 2.40. The largest absolute Gasteiger partial charge is 0.466 e. The minimum absolute atomic E-state index is 0.00646. The zero-order chi connectivity index (χ0) is 10.6. The number of alkyl halides is 1. The Hall–Kier alpha value is -0.0500. The van der Waals surface area contributed by atoms with Crippen LogP contribution in [-0.4, -0.2) is 17.9 Å². The van der Waals surface area contributed by atoms with Crippen molar-refractivity contribution in [2.45, 2.75) is 39.5 Å². The van der Waals surface area contributed by atoms with E-state index in [9.17, 15) is 4.79 Å². The third-order valence-electron chi connectivity index (χ3n) is 3.20. The topological polar surface area (TPSA) is 26.3 Å². The van der Waals surface area contributed by atoms with E-state index in [0.29, 0.717) is 6.61 Å². The maximum atomic E-state index is 11.7. The molecular formula is C11H19BrO2. The van der Waals surface area contributed by atoms with Gasteiger partial charge in [-0.25, -0.2) is 0 Å². The highest BCUT2D eigenvalue weighted by Gasteiger charge is 2.38. The third kappa shape index (κ3) is 2.72. The van der Waals surface area contributed by atoms with Gasteiger partial charge >= 0.3 is 5.97 Å². The summed E-state index contributed by atoms with van der Waals surface area (Å²) >= 11 is 3.50. The average molecular weight is 263 g/mol. The normalized spacial score (nSPS) is 32.6. The van der Waals surface area contributed by atoms with Gasteiger partial charge in [0.1, 0.15) is 0 Å². The van der Waals surface area contributed by atoms with E-state index in [1.54, 1.807) is 0 Å². The molecule has 0 unspecified atom stereocenters. The van der Waals surface area contributed by atoms with E-state index in [0.717, 1.165) is 36.9 Å². The first-order chi connectivity index (χ1) is 6.62. The van der Waals surface area contributed by atoms with Crippen LogP contribution in [0.2, 0.25) is 0 Å². The standard InChI is InChI=1S/C11H19BrO2/c1-3-14-10(13)11(2)6-4-9(8-12)5-7-11/h9H,3-8H2,1-2H3.